The van der Waals surface area contributed by atoms with Gasteiger partial charge in [-0.05, 0) is 71.0 Å². The molecule has 0 aliphatic rings. The van der Waals surface area contributed by atoms with Gasteiger partial charge in [0.05, 0.1) is 12.2 Å². The third kappa shape index (κ3) is 9.32. The maximum Gasteiger partial charge on any atom is 0.254 e. The molecule has 2 rings (SSSR count). The van der Waals surface area contributed by atoms with Crippen LogP contribution in [0.4, 0.5) is 5.69 Å². The van der Waals surface area contributed by atoms with E-state index in [9.17, 15) is 4.79 Å². The van der Waals surface area contributed by atoms with Crippen LogP contribution in [0, 0.1) is 0 Å². The zero-order chi connectivity index (χ0) is 23.6. The number of benzene rings is 2. The molecule has 0 aliphatic carbocycles. The number of amides is 1. The Balaban J connectivity index is 1.91. The van der Waals surface area contributed by atoms with Crippen molar-refractivity contribution in [2.75, 3.05) is 11.9 Å². The number of rotatable bonds is 10. The highest BCUT2D eigenvalue weighted by atomic mass is 79.9. The molecule has 174 valence electrons. The van der Waals surface area contributed by atoms with Gasteiger partial charge in [0.15, 0.2) is 5.11 Å². The van der Waals surface area contributed by atoms with Crippen LogP contribution in [0.1, 0.15) is 43.0 Å². The van der Waals surface area contributed by atoms with Crippen LogP contribution < -0.4 is 20.7 Å². The Morgan fingerprint density at radius 3 is 2.38 bits per heavy atom. The van der Waals surface area contributed by atoms with E-state index in [0.717, 1.165) is 24.3 Å². The van der Waals surface area contributed by atoms with Crippen LogP contribution in [0.25, 0.3) is 0 Å². The van der Waals surface area contributed by atoms with Gasteiger partial charge >= 0.3 is 0 Å². The molecule has 1 amide bonds. The van der Waals surface area contributed by atoms with E-state index in [4.69, 9.17) is 51.8 Å². The Morgan fingerprint density at radius 1 is 1.06 bits per heavy atom. The van der Waals surface area contributed by atoms with Crippen LogP contribution in [-0.2, 0) is 0 Å². The normalized spacial score (nSPS) is 12.0. The predicted molar refractivity (Wildman–Crippen MR) is 141 cm³/mol. The molecule has 0 bridgehead atoms. The first-order valence-electron chi connectivity index (χ1n) is 10.1. The molecule has 0 aliphatic heterocycles. The molecule has 0 fully saturated rings. The van der Waals surface area contributed by atoms with Gasteiger partial charge in [0, 0.05) is 10.2 Å². The second kappa shape index (κ2) is 13.5. The highest BCUT2D eigenvalue weighted by molar-refractivity contribution is 9.10. The Labute approximate surface area is 217 Å². The number of ether oxygens (including phenoxy) is 1. The van der Waals surface area contributed by atoms with Crippen molar-refractivity contribution in [1.29, 1.82) is 0 Å². The second-order valence-electron chi connectivity index (χ2n) is 6.96. The third-order valence-corrected chi connectivity index (χ3v) is 5.94. The van der Waals surface area contributed by atoms with Gasteiger partial charge in [0.1, 0.15) is 11.9 Å². The maximum atomic E-state index is 12.6. The highest BCUT2D eigenvalue weighted by Crippen LogP contribution is 2.30. The summed E-state index contributed by atoms with van der Waals surface area (Å²) in [6.45, 7) is 2.87. The minimum absolute atomic E-state index is 0.182. The van der Waals surface area contributed by atoms with Crippen LogP contribution in [0.5, 0.6) is 5.75 Å². The standard InChI is InChI=1S/C22H25BrCl3N3O2S/c1-2-3-4-7-14-31-16-12-10-15(11-13-16)27-21(32)29-20(22(24,25)26)28-19(30)17-8-5-6-9-18(17)23/h5-6,8-13,20H,2-4,7,14H2,1H3,(H,28,30)(H2,27,29,32). The number of carbonyl (C=O) groups is 1. The van der Waals surface area contributed by atoms with Gasteiger partial charge in [-0.25, -0.2) is 0 Å². The van der Waals surface area contributed by atoms with Crippen molar-refractivity contribution >= 4 is 79.7 Å². The van der Waals surface area contributed by atoms with Crippen LogP contribution in [0.3, 0.4) is 0 Å². The van der Waals surface area contributed by atoms with E-state index in [0.29, 0.717) is 16.6 Å². The van der Waals surface area contributed by atoms with E-state index in [1.54, 1.807) is 24.3 Å². The number of unbranched alkanes of at least 4 members (excludes halogenated alkanes) is 3. The number of alkyl halides is 3. The van der Waals surface area contributed by atoms with Gasteiger partial charge in [-0.2, -0.15) is 0 Å². The second-order valence-corrected chi connectivity index (χ2v) is 10.6. The van der Waals surface area contributed by atoms with Crippen molar-refractivity contribution in [3.05, 3.63) is 58.6 Å². The number of thiocarbonyl (C=S) groups is 1. The lowest BCUT2D eigenvalue weighted by atomic mass is 10.2. The first-order valence-corrected chi connectivity index (χ1v) is 12.5. The van der Waals surface area contributed by atoms with Crippen molar-refractivity contribution in [3.63, 3.8) is 0 Å². The van der Waals surface area contributed by atoms with Gasteiger partial charge in [-0.15, -0.1) is 0 Å². The molecule has 1 atom stereocenters. The maximum absolute atomic E-state index is 12.6. The Hall–Kier alpha value is -1.25. The molecule has 0 saturated heterocycles. The van der Waals surface area contributed by atoms with Gasteiger partial charge in [0.2, 0.25) is 3.79 Å². The molecule has 3 N–H and O–H groups in total. The molecule has 0 aromatic heterocycles. The number of hydrogen-bond acceptors (Lipinski definition) is 3. The number of halogens is 4. The molecule has 5 nitrogen and oxygen atoms in total. The average molecular weight is 582 g/mol. The number of carbonyl (C=O) groups excluding carboxylic acids is 1. The summed E-state index contributed by atoms with van der Waals surface area (Å²) in [6, 6.07) is 14.3. The minimum Gasteiger partial charge on any atom is -0.494 e. The first kappa shape index (κ1) is 27.0. The van der Waals surface area contributed by atoms with E-state index >= 15 is 0 Å². The average Bonchev–Trinajstić information content (AvgIpc) is 2.74. The summed E-state index contributed by atoms with van der Waals surface area (Å²) < 4.78 is 4.51. The molecule has 2 aromatic carbocycles. The highest BCUT2D eigenvalue weighted by Gasteiger charge is 2.35. The summed E-state index contributed by atoms with van der Waals surface area (Å²) in [5.74, 6) is 0.357. The van der Waals surface area contributed by atoms with Gasteiger partial charge in [0.25, 0.3) is 5.91 Å². The van der Waals surface area contributed by atoms with Crippen molar-refractivity contribution in [1.82, 2.24) is 10.6 Å². The lowest BCUT2D eigenvalue weighted by Gasteiger charge is -2.28. The Morgan fingerprint density at radius 2 is 1.75 bits per heavy atom. The zero-order valence-corrected chi connectivity index (χ0v) is 22.1. The van der Waals surface area contributed by atoms with E-state index in [-0.39, 0.29) is 5.11 Å². The zero-order valence-electron chi connectivity index (χ0n) is 17.5. The van der Waals surface area contributed by atoms with Gasteiger partial charge in [-0.3, -0.25) is 4.79 Å². The topological polar surface area (TPSA) is 62.4 Å². The Kier molecular flexibility index (Phi) is 11.4. The van der Waals surface area contributed by atoms with E-state index < -0.39 is 15.9 Å². The molecule has 10 heteroatoms. The lowest BCUT2D eigenvalue weighted by molar-refractivity contribution is 0.0933. The van der Waals surface area contributed by atoms with Gasteiger partial charge in [-0.1, -0.05) is 73.1 Å². The molecule has 0 spiro atoms. The number of hydrogen-bond donors (Lipinski definition) is 3. The van der Waals surface area contributed by atoms with Crippen molar-refractivity contribution in [2.45, 2.75) is 42.6 Å². The Bertz CT molecular complexity index is 895. The molecule has 0 saturated carbocycles. The molecular formula is C22H25BrCl3N3O2S. The summed E-state index contributed by atoms with van der Waals surface area (Å²) in [7, 11) is 0. The van der Waals surface area contributed by atoms with Crippen molar-refractivity contribution < 1.29 is 9.53 Å². The first-order chi connectivity index (χ1) is 15.2. The SMILES string of the molecule is CCCCCCOc1ccc(NC(=S)NC(NC(=O)c2ccccc2Br)C(Cl)(Cl)Cl)cc1. The van der Waals surface area contributed by atoms with E-state index in [1.807, 2.05) is 24.3 Å². The number of nitrogens with one attached hydrogen (secondary N) is 3. The predicted octanol–water partition coefficient (Wildman–Crippen LogP) is 6.82. The molecule has 0 radical (unpaired) electrons. The summed E-state index contributed by atoms with van der Waals surface area (Å²) in [4.78, 5) is 12.6. The summed E-state index contributed by atoms with van der Waals surface area (Å²) in [5.41, 5.74) is 1.12. The molecule has 0 heterocycles. The quantitative estimate of drug-likeness (QED) is 0.124. The minimum atomic E-state index is -1.85. The molecular weight excluding hydrogens is 557 g/mol. The third-order valence-electron chi connectivity index (χ3n) is 4.38. The van der Waals surface area contributed by atoms with Crippen molar-refractivity contribution in [3.8, 4) is 5.75 Å². The molecule has 2 aromatic rings. The lowest BCUT2D eigenvalue weighted by Crippen LogP contribution is -2.56. The molecule has 1 unspecified atom stereocenters. The fraction of sp³-hybridized carbons (Fsp3) is 0.364. The monoisotopic (exact) mass is 579 g/mol. The van der Waals surface area contributed by atoms with Crippen LogP contribution in [0.15, 0.2) is 53.0 Å². The summed E-state index contributed by atoms with van der Waals surface area (Å²) in [5, 5.41) is 8.68. The van der Waals surface area contributed by atoms with Crippen LogP contribution in [-0.4, -0.2) is 27.6 Å². The summed E-state index contributed by atoms with van der Waals surface area (Å²) >= 11 is 26.8. The number of anilines is 1. The van der Waals surface area contributed by atoms with E-state index in [1.165, 1.54) is 12.8 Å². The van der Waals surface area contributed by atoms with Gasteiger partial charge < -0.3 is 20.7 Å². The fourth-order valence-corrected chi connectivity index (χ4v) is 3.73. The van der Waals surface area contributed by atoms with Crippen molar-refractivity contribution in [2.24, 2.45) is 0 Å². The van der Waals surface area contributed by atoms with E-state index in [2.05, 4.69) is 38.8 Å². The fourth-order valence-electron chi connectivity index (χ4n) is 2.71. The largest absolute Gasteiger partial charge is 0.494 e. The van der Waals surface area contributed by atoms with Crippen LogP contribution >= 0.6 is 63.0 Å². The van der Waals surface area contributed by atoms with Crippen LogP contribution in [0.2, 0.25) is 0 Å². The molecule has 32 heavy (non-hydrogen) atoms. The smallest absolute Gasteiger partial charge is 0.254 e. The summed E-state index contributed by atoms with van der Waals surface area (Å²) in [6.07, 6.45) is 3.54.